The Morgan fingerprint density at radius 2 is 2.12 bits per heavy atom. The number of halogens is 1. The lowest BCUT2D eigenvalue weighted by atomic mass is 10.0. The Morgan fingerprint density at radius 1 is 1.41 bits per heavy atom. The molecule has 0 aliphatic rings. The molecule has 0 fully saturated rings. The van der Waals surface area contributed by atoms with E-state index in [2.05, 4.69) is 20.9 Å². The minimum atomic E-state index is -0.462. The Hall–Kier alpha value is -1.62. The Morgan fingerprint density at radius 3 is 2.76 bits per heavy atom. The van der Waals surface area contributed by atoms with Crippen LogP contribution in [-0.4, -0.2) is 18.1 Å². The largest absolute Gasteiger partial charge is 0.464 e. The number of aryl methyl sites for hydroxylation is 1. The van der Waals surface area contributed by atoms with Crippen molar-refractivity contribution < 1.29 is 9.53 Å². The number of hydrogen-bond acceptors (Lipinski definition) is 4. The lowest BCUT2D eigenvalue weighted by Crippen LogP contribution is -2.06. The average molecular weight is 295 g/mol. The number of carbonyl (C=O) groups is 1. The van der Waals surface area contributed by atoms with E-state index < -0.39 is 5.97 Å². The van der Waals surface area contributed by atoms with Crippen LogP contribution in [0.5, 0.6) is 0 Å². The van der Waals surface area contributed by atoms with Crippen molar-refractivity contribution in [3.8, 4) is 0 Å². The maximum Gasteiger partial charge on any atom is 0.357 e. The van der Waals surface area contributed by atoms with Crippen molar-refractivity contribution in [2.45, 2.75) is 6.92 Å². The summed E-state index contributed by atoms with van der Waals surface area (Å²) in [7, 11) is 1.33. The van der Waals surface area contributed by atoms with Crippen LogP contribution in [0.1, 0.15) is 16.1 Å². The normalized spacial score (nSPS) is 10.5. The van der Waals surface area contributed by atoms with Gasteiger partial charge in [0.15, 0.2) is 5.69 Å². The topological polar surface area (TPSA) is 65.2 Å². The van der Waals surface area contributed by atoms with E-state index in [1.807, 2.05) is 19.1 Å². The Labute approximate surface area is 107 Å². The molecule has 0 radical (unpaired) electrons. The summed E-state index contributed by atoms with van der Waals surface area (Å²) in [5, 5.41) is 1.52. The molecule has 0 unspecified atom stereocenters. The van der Waals surface area contributed by atoms with Crippen LogP contribution < -0.4 is 5.73 Å². The van der Waals surface area contributed by atoms with Crippen molar-refractivity contribution >= 4 is 38.4 Å². The van der Waals surface area contributed by atoms with Gasteiger partial charge in [0.1, 0.15) is 0 Å². The molecule has 0 amide bonds. The standard InChI is InChI=1S/C12H11BrN2O2/c1-6-3-4-8(14)10-7(13)5-15-11(9(6)10)12(16)17-2/h3-5H,14H2,1-2H3. The number of benzene rings is 1. The number of aromatic nitrogens is 1. The monoisotopic (exact) mass is 294 g/mol. The number of esters is 1. The van der Waals surface area contributed by atoms with Gasteiger partial charge in [0, 0.05) is 27.1 Å². The second-order valence-electron chi connectivity index (χ2n) is 3.67. The highest BCUT2D eigenvalue weighted by Crippen LogP contribution is 2.32. The van der Waals surface area contributed by atoms with Crippen molar-refractivity contribution in [3.05, 3.63) is 34.1 Å². The van der Waals surface area contributed by atoms with E-state index >= 15 is 0 Å². The van der Waals surface area contributed by atoms with E-state index in [9.17, 15) is 4.79 Å². The quantitative estimate of drug-likeness (QED) is 0.649. The van der Waals surface area contributed by atoms with Crippen molar-refractivity contribution in [2.24, 2.45) is 0 Å². The van der Waals surface area contributed by atoms with E-state index in [-0.39, 0.29) is 5.69 Å². The number of nitrogens with two attached hydrogens (primary N) is 1. The zero-order valence-electron chi connectivity index (χ0n) is 9.45. The van der Waals surface area contributed by atoms with Gasteiger partial charge in [-0.1, -0.05) is 6.07 Å². The summed E-state index contributed by atoms with van der Waals surface area (Å²) in [5.41, 5.74) is 7.75. The first kappa shape index (κ1) is 11.9. The van der Waals surface area contributed by atoms with E-state index in [1.165, 1.54) is 7.11 Å². The SMILES string of the molecule is COC(=O)c1ncc(Br)c2c(N)ccc(C)c12. The molecule has 0 saturated carbocycles. The molecule has 1 aromatic carbocycles. The highest BCUT2D eigenvalue weighted by molar-refractivity contribution is 9.10. The smallest absolute Gasteiger partial charge is 0.357 e. The summed E-state index contributed by atoms with van der Waals surface area (Å²) in [6, 6.07) is 3.67. The maximum absolute atomic E-state index is 11.7. The van der Waals surface area contributed by atoms with Crippen molar-refractivity contribution in [3.63, 3.8) is 0 Å². The molecular formula is C12H11BrN2O2. The van der Waals surface area contributed by atoms with E-state index in [0.29, 0.717) is 5.69 Å². The highest BCUT2D eigenvalue weighted by Gasteiger charge is 2.17. The van der Waals surface area contributed by atoms with E-state index in [0.717, 1.165) is 20.8 Å². The summed E-state index contributed by atoms with van der Waals surface area (Å²) in [6.45, 7) is 1.91. The predicted octanol–water partition coefficient (Wildman–Crippen LogP) is 2.67. The van der Waals surface area contributed by atoms with Gasteiger partial charge in [0.25, 0.3) is 0 Å². The lowest BCUT2D eigenvalue weighted by Gasteiger charge is -2.10. The van der Waals surface area contributed by atoms with Crippen LogP contribution in [-0.2, 0) is 4.74 Å². The van der Waals surface area contributed by atoms with Crippen LogP contribution in [0.15, 0.2) is 22.8 Å². The van der Waals surface area contributed by atoms with Crippen LogP contribution in [0.3, 0.4) is 0 Å². The van der Waals surface area contributed by atoms with Crippen molar-refractivity contribution in [2.75, 3.05) is 12.8 Å². The molecule has 0 aliphatic heterocycles. The number of anilines is 1. The Kier molecular flexibility index (Phi) is 3.02. The van der Waals surface area contributed by atoms with Gasteiger partial charge in [-0.2, -0.15) is 0 Å². The third kappa shape index (κ3) is 1.86. The zero-order chi connectivity index (χ0) is 12.6. The van der Waals surface area contributed by atoms with E-state index in [1.54, 1.807) is 6.20 Å². The zero-order valence-corrected chi connectivity index (χ0v) is 11.0. The molecule has 4 nitrogen and oxygen atoms in total. The molecule has 0 aliphatic carbocycles. The third-order valence-electron chi connectivity index (χ3n) is 2.61. The number of hydrogen-bond donors (Lipinski definition) is 1. The summed E-state index contributed by atoms with van der Waals surface area (Å²) in [6.07, 6.45) is 1.56. The van der Waals surface area contributed by atoms with Gasteiger partial charge in [-0.3, -0.25) is 0 Å². The fourth-order valence-electron chi connectivity index (χ4n) is 1.79. The number of pyridine rings is 1. The molecule has 1 aromatic heterocycles. The fraction of sp³-hybridized carbons (Fsp3) is 0.167. The number of rotatable bonds is 1. The van der Waals surface area contributed by atoms with Crippen LogP contribution >= 0.6 is 15.9 Å². The second-order valence-corrected chi connectivity index (χ2v) is 4.52. The van der Waals surface area contributed by atoms with Gasteiger partial charge in [-0.25, -0.2) is 9.78 Å². The van der Waals surface area contributed by atoms with Crippen molar-refractivity contribution in [1.82, 2.24) is 4.98 Å². The Bertz CT molecular complexity index is 603. The third-order valence-corrected chi connectivity index (χ3v) is 3.21. The van der Waals surface area contributed by atoms with Gasteiger partial charge in [-0.05, 0) is 34.5 Å². The highest BCUT2D eigenvalue weighted by atomic mass is 79.9. The van der Waals surface area contributed by atoms with Crippen LogP contribution in [0.4, 0.5) is 5.69 Å². The number of carbonyl (C=O) groups excluding carboxylic acids is 1. The Balaban J connectivity index is 2.94. The number of nitrogen functional groups attached to an aromatic ring is 1. The second kappa shape index (κ2) is 4.33. The summed E-state index contributed by atoms with van der Waals surface area (Å²) < 4.78 is 5.49. The molecule has 5 heteroatoms. The first-order valence-electron chi connectivity index (χ1n) is 4.98. The molecule has 88 valence electrons. The maximum atomic E-state index is 11.7. The summed E-state index contributed by atoms with van der Waals surface area (Å²) in [5.74, 6) is -0.462. The van der Waals surface area contributed by atoms with Gasteiger partial charge >= 0.3 is 5.97 Å². The molecule has 0 saturated heterocycles. The first-order valence-corrected chi connectivity index (χ1v) is 5.77. The minimum absolute atomic E-state index is 0.288. The van der Waals surface area contributed by atoms with E-state index in [4.69, 9.17) is 10.5 Å². The molecule has 2 aromatic rings. The summed E-state index contributed by atoms with van der Waals surface area (Å²) >= 11 is 3.39. The summed E-state index contributed by atoms with van der Waals surface area (Å²) in [4.78, 5) is 15.8. The molecule has 2 rings (SSSR count). The molecule has 0 spiro atoms. The van der Waals surface area contributed by atoms with Gasteiger partial charge in [-0.15, -0.1) is 0 Å². The fourth-order valence-corrected chi connectivity index (χ4v) is 2.32. The van der Waals surface area contributed by atoms with Crippen molar-refractivity contribution in [1.29, 1.82) is 0 Å². The average Bonchev–Trinajstić information content (AvgIpc) is 2.33. The molecule has 0 atom stereocenters. The molecule has 17 heavy (non-hydrogen) atoms. The number of ether oxygens (including phenoxy) is 1. The number of fused-ring (bicyclic) bond motifs is 1. The molecule has 2 N–H and O–H groups in total. The van der Waals surface area contributed by atoms with Gasteiger partial charge in [0.05, 0.1) is 7.11 Å². The predicted molar refractivity (Wildman–Crippen MR) is 69.9 cm³/mol. The molecule has 0 bridgehead atoms. The minimum Gasteiger partial charge on any atom is -0.464 e. The van der Waals surface area contributed by atoms with Crippen LogP contribution in [0.25, 0.3) is 10.8 Å². The number of nitrogens with zero attached hydrogens (tertiary/aromatic N) is 1. The lowest BCUT2D eigenvalue weighted by molar-refractivity contribution is 0.0596. The molecule has 1 heterocycles. The van der Waals surface area contributed by atoms with Crippen LogP contribution in [0.2, 0.25) is 0 Å². The van der Waals surface area contributed by atoms with Crippen LogP contribution in [0, 0.1) is 6.92 Å². The first-order chi connectivity index (χ1) is 8.06. The number of methoxy groups -OCH3 is 1. The van der Waals surface area contributed by atoms with Gasteiger partial charge < -0.3 is 10.5 Å². The van der Waals surface area contributed by atoms with Gasteiger partial charge in [0.2, 0.25) is 0 Å². The molecular weight excluding hydrogens is 284 g/mol.